The minimum Gasteiger partial charge on any atom is -0.454 e. The predicted molar refractivity (Wildman–Crippen MR) is 73.3 cm³/mol. The molecule has 0 saturated heterocycles. The zero-order chi connectivity index (χ0) is 12.8. The second kappa shape index (κ2) is 6.70. The molecule has 3 heteroatoms. The van der Waals surface area contributed by atoms with Gasteiger partial charge in [-0.15, -0.1) is 12.6 Å². The quantitative estimate of drug-likeness (QED) is 0.494. The summed E-state index contributed by atoms with van der Waals surface area (Å²) in [5.74, 6) is 0.327. The van der Waals surface area contributed by atoms with Gasteiger partial charge in [0.2, 0.25) is 0 Å². The van der Waals surface area contributed by atoms with E-state index in [4.69, 9.17) is 4.74 Å². The van der Waals surface area contributed by atoms with Gasteiger partial charge in [-0.2, -0.15) is 0 Å². The molecule has 17 heavy (non-hydrogen) atoms. The van der Waals surface area contributed by atoms with E-state index in [9.17, 15) is 4.79 Å². The van der Waals surface area contributed by atoms with Gasteiger partial charge in [0.25, 0.3) is 0 Å². The molecule has 0 aliphatic carbocycles. The standard InChI is InChI=1S/C14H20O2S/c1-10(2)8-12-4-6-13(7-5-12)11(3)14(15)16-9-17/h4-7,10-11,17H,8-9H2,1-3H3. The molecule has 0 aliphatic heterocycles. The minimum absolute atomic E-state index is 0.134. The van der Waals surface area contributed by atoms with E-state index in [0.29, 0.717) is 5.92 Å². The SMILES string of the molecule is CC(C)Cc1ccc(C(C)C(=O)OCS)cc1. The van der Waals surface area contributed by atoms with Crippen LogP contribution in [0.5, 0.6) is 0 Å². The zero-order valence-electron chi connectivity index (χ0n) is 10.6. The van der Waals surface area contributed by atoms with Crippen LogP contribution in [0.4, 0.5) is 0 Å². The molecule has 2 nitrogen and oxygen atoms in total. The number of hydrogen-bond donors (Lipinski definition) is 1. The second-order valence-corrected chi connectivity index (χ2v) is 4.91. The maximum absolute atomic E-state index is 11.5. The van der Waals surface area contributed by atoms with Gasteiger partial charge in [0.05, 0.1) is 5.92 Å². The summed E-state index contributed by atoms with van der Waals surface area (Å²) in [5, 5.41) is 0. The fourth-order valence-corrected chi connectivity index (χ4v) is 1.87. The average molecular weight is 252 g/mol. The Balaban J connectivity index is 2.70. The van der Waals surface area contributed by atoms with Crippen molar-refractivity contribution in [3.05, 3.63) is 35.4 Å². The van der Waals surface area contributed by atoms with Gasteiger partial charge in [-0.25, -0.2) is 0 Å². The summed E-state index contributed by atoms with van der Waals surface area (Å²) in [6.45, 7) is 6.24. The number of esters is 1. The Morgan fingerprint density at radius 3 is 2.29 bits per heavy atom. The van der Waals surface area contributed by atoms with E-state index in [1.165, 1.54) is 5.56 Å². The molecular weight excluding hydrogens is 232 g/mol. The third kappa shape index (κ3) is 4.43. The summed E-state index contributed by atoms with van der Waals surface area (Å²) in [7, 11) is 0. The Bertz CT molecular complexity index is 357. The number of hydrogen-bond acceptors (Lipinski definition) is 3. The molecule has 0 N–H and O–H groups in total. The van der Waals surface area contributed by atoms with Crippen LogP contribution in [0, 0.1) is 5.92 Å². The first-order valence-corrected chi connectivity index (χ1v) is 6.54. The van der Waals surface area contributed by atoms with E-state index in [1.54, 1.807) is 0 Å². The van der Waals surface area contributed by atoms with Crippen LogP contribution in [0.1, 0.15) is 37.8 Å². The van der Waals surface area contributed by atoms with Gasteiger partial charge in [-0.3, -0.25) is 4.79 Å². The van der Waals surface area contributed by atoms with Crippen molar-refractivity contribution in [3.8, 4) is 0 Å². The number of rotatable bonds is 5. The van der Waals surface area contributed by atoms with E-state index in [2.05, 4.69) is 38.6 Å². The van der Waals surface area contributed by atoms with Crippen LogP contribution in [0.3, 0.4) is 0 Å². The summed E-state index contributed by atoms with van der Waals surface area (Å²) in [4.78, 5) is 11.5. The van der Waals surface area contributed by atoms with Crippen molar-refractivity contribution >= 4 is 18.6 Å². The first kappa shape index (κ1) is 14.1. The molecule has 1 unspecified atom stereocenters. The fraction of sp³-hybridized carbons (Fsp3) is 0.500. The molecule has 1 aromatic rings. The third-order valence-electron chi connectivity index (χ3n) is 2.68. The second-order valence-electron chi connectivity index (χ2n) is 4.65. The minimum atomic E-state index is -0.227. The summed E-state index contributed by atoms with van der Waals surface area (Å²) in [6.07, 6.45) is 1.07. The highest BCUT2D eigenvalue weighted by Gasteiger charge is 2.15. The molecule has 0 amide bonds. The van der Waals surface area contributed by atoms with Crippen molar-refractivity contribution in [3.63, 3.8) is 0 Å². The Labute approximate surface area is 109 Å². The lowest BCUT2D eigenvalue weighted by Crippen LogP contribution is -2.12. The van der Waals surface area contributed by atoms with Crippen LogP contribution in [0.15, 0.2) is 24.3 Å². The van der Waals surface area contributed by atoms with E-state index in [-0.39, 0.29) is 17.8 Å². The Kier molecular flexibility index (Phi) is 5.56. The molecule has 0 spiro atoms. The molecule has 0 radical (unpaired) electrons. The molecule has 1 aromatic carbocycles. The summed E-state index contributed by atoms with van der Waals surface area (Å²) in [5.41, 5.74) is 2.29. The Hall–Kier alpha value is -0.960. The number of ether oxygens (including phenoxy) is 1. The zero-order valence-corrected chi connectivity index (χ0v) is 11.5. The molecule has 0 fully saturated rings. The van der Waals surface area contributed by atoms with Gasteiger partial charge in [-0.05, 0) is 30.4 Å². The average Bonchev–Trinajstić information content (AvgIpc) is 2.28. The van der Waals surface area contributed by atoms with E-state index in [1.807, 2.05) is 19.1 Å². The Morgan fingerprint density at radius 1 is 1.24 bits per heavy atom. The summed E-state index contributed by atoms with van der Waals surface area (Å²) in [6, 6.07) is 8.17. The molecular formula is C14H20O2S. The summed E-state index contributed by atoms with van der Waals surface area (Å²) < 4.78 is 4.88. The normalized spacial score (nSPS) is 12.5. The van der Waals surface area contributed by atoms with Crippen molar-refractivity contribution in [1.82, 2.24) is 0 Å². The van der Waals surface area contributed by atoms with Crippen molar-refractivity contribution in [1.29, 1.82) is 0 Å². The number of benzene rings is 1. The number of carbonyl (C=O) groups is 1. The van der Waals surface area contributed by atoms with Crippen molar-refractivity contribution in [2.24, 2.45) is 5.92 Å². The van der Waals surface area contributed by atoms with Gasteiger partial charge in [0, 0.05) is 0 Å². The van der Waals surface area contributed by atoms with Crippen LogP contribution in [0.25, 0.3) is 0 Å². The molecule has 0 heterocycles. The van der Waals surface area contributed by atoms with Gasteiger partial charge >= 0.3 is 5.97 Å². The van der Waals surface area contributed by atoms with Crippen LogP contribution < -0.4 is 0 Å². The largest absolute Gasteiger partial charge is 0.454 e. The molecule has 1 rings (SSSR count). The van der Waals surface area contributed by atoms with Crippen molar-refractivity contribution < 1.29 is 9.53 Å². The number of carbonyl (C=O) groups excluding carboxylic acids is 1. The molecule has 1 atom stereocenters. The van der Waals surface area contributed by atoms with E-state index >= 15 is 0 Å². The van der Waals surface area contributed by atoms with Crippen LogP contribution in [0.2, 0.25) is 0 Å². The number of thiol groups is 1. The monoisotopic (exact) mass is 252 g/mol. The third-order valence-corrected chi connectivity index (χ3v) is 2.81. The molecule has 0 saturated carbocycles. The lowest BCUT2D eigenvalue weighted by atomic mass is 9.97. The fourth-order valence-electron chi connectivity index (χ4n) is 1.74. The highest BCUT2D eigenvalue weighted by Crippen LogP contribution is 2.18. The summed E-state index contributed by atoms with van der Waals surface area (Å²) >= 11 is 3.88. The van der Waals surface area contributed by atoms with E-state index in [0.717, 1.165) is 12.0 Å². The van der Waals surface area contributed by atoms with Crippen LogP contribution >= 0.6 is 12.6 Å². The topological polar surface area (TPSA) is 26.3 Å². The maximum atomic E-state index is 11.5. The van der Waals surface area contributed by atoms with Crippen molar-refractivity contribution in [2.75, 3.05) is 5.94 Å². The van der Waals surface area contributed by atoms with Crippen LogP contribution in [-0.2, 0) is 16.0 Å². The van der Waals surface area contributed by atoms with Gasteiger partial charge < -0.3 is 4.74 Å². The molecule has 94 valence electrons. The predicted octanol–water partition coefficient (Wildman–Crippen LogP) is 3.42. The van der Waals surface area contributed by atoms with Gasteiger partial charge in [0.15, 0.2) is 0 Å². The molecule has 0 aliphatic rings. The smallest absolute Gasteiger partial charge is 0.313 e. The molecule has 0 aromatic heterocycles. The first-order chi connectivity index (χ1) is 8.04. The van der Waals surface area contributed by atoms with E-state index < -0.39 is 0 Å². The Morgan fingerprint density at radius 2 is 1.82 bits per heavy atom. The highest BCUT2D eigenvalue weighted by molar-refractivity contribution is 7.80. The van der Waals surface area contributed by atoms with Gasteiger partial charge in [0.1, 0.15) is 5.94 Å². The maximum Gasteiger partial charge on any atom is 0.313 e. The van der Waals surface area contributed by atoms with Crippen LogP contribution in [-0.4, -0.2) is 11.9 Å². The molecule has 0 bridgehead atoms. The van der Waals surface area contributed by atoms with Gasteiger partial charge in [-0.1, -0.05) is 38.1 Å². The lowest BCUT2D eigenvalue weighted by Gasteiger charge is -2.11. The van der Waals surface area contributed by atoms with Crippen molar-refractivity contribution in [2.45, 2.75) is 33.1 Å². The first-order valence-electron chi connectivity index (χ1n) is 5.91. The lowest BCUT2D eigenvalue weighted by molar-refractivity contribution is -0.142. The highest BCUT2D eigenvalue weighted by atomic mass is 32.1.